The predicted molar refractivity (Wildman–Crippen MR) is 75.6 cm³/mol. The van der Waals surface area contributed by atoms with Crippen molar-refractivity contribution in [3.05, 3.63) is 0 Å². The number of carboxylic acids is 1. The van der Waals surface area contributed by atoms with Crippen LogP contribution in [0.15, 0.2) is 0 Å². The summed E-state index contributed by atoms with van der Waals surface area (Å²) in [4.78, 5) is 40.1. The zero-order valence-corrected chi connectivity index (χ0v) is 12.7. The number of likely N-dealkylation sites (tertiary alicyclic amines) is 1. The number of nitrogens with zero attached hydrogens (tertiary/aromatic N) is 3. The van der Waals surface area contributed by atoms with Gasteiger partial charge in [0.05, 0.1) is 12.0 Å². The van der Waals surface area contributed by atoms with Crippen molar-refractivity contribution in [2.24, 2.45) is 5.41 Å². The minimum Gasteiger partial charge on any atom is -0.481 e. The number of amides is 2. The minimum absolute atomic E-state index is 0.0211. The van der Waals surface area contributed by atoms with Gasteiger partial charge in [0.1, 0.15) is 0 Å². The van der Waals surface area contributed by atoms with E-state index in [4.69, 9.17) is 0 Å². The fourth-order valence-corrected chi connectivity index (χ4v) is 2.93. The first kappa shape index (κ1) is 15.8. The lowest BCUT2D eigenvalue weighted by molar-refractivity contribution is -0.147. The van der Waals surface area contributed by atoms with Crippen LogP contribution in [-0.2, 0) is 14.4 Å². The lowest BCUT2D eigenvalue weighted by Gasteiger charge is -2.35. The monoisotopic (exact) mass is 297 g/mol. The van der Waals surface area contributed by atoms with Crippen LogP contribution in [0.25, 0.3) is 0 Å². The molecule has 118 valence electrons. The molecule has 1 unspecified atom stereocenters. The van der Waals surface area contributed by atoms with Gasteiger partial charge in [0, 0.05) is 39.6 Å². The number of carboxylic acid groups (broad SMARTS) is 1. The molecular weight excluding hydrogens is 274 g/mol. The summed E-state index contributed by atoms with van der Waals surface area (Å²) in [5.74, 6) is -0.737. The van der Waals surface area contributed by atoms with E-state index >= 15 is 0 Å². The number of carbonyl (C=O) groups is 3. The first-order valence-electron chi connectivity index (χ1n) is 7.31. The normalized spacial score (nSPS) is 27.0. The summed E-state index contributed by atoms with van der Waals surface area (Å²) in [6, 6.07) is 0. The zero-order chi connectivity index (χ0) is 15.6. The van der Waals surface area contributed by atoms with E-state index in [1.54, 1.807) is 16.7 Å². The van der Waals surface area contributed by atoms with Crippen molar-refractivity contribution in [3.63, 3.8) is 0 Å². The molecule has 2 aliphatic heterocycles. The maximum atomic E-state index is 12.2. The molecule has 0 aromatic rings. The van der Waals surface area contributed by atoms with Gasteiger partial charge in [0.2, 0.25) is 11.8 Å². The van der Waals surface area contributed by atoms with Crippen molar-refractivity contribution in [2.45, 2.75) is 20.3 Å². The van der Waals surface area contributed by atoms with Crippen LogP contribution >= 0.6 is 0 Å². The Hall–Kier alpha value is -1.63. The van der Waals surface area contributed by atoms with Crippen LogP contribution in [0.2, 0.25) is 0 Å². The Morgan fingerprint density at radius 3 is 2.10 bits per heavy atom. The van der Waals surface area contributed by atoms with Crippen molar-refractivity contribution in [2.75, 3.05) is 45.8 Å². The molecule has 0 aromatic heterocycles. The molecule has 0 aliphatic carbocycles. The number of hydrogen-bond donors (Lipinski definition) is 1. The smallest absolute Gasteiger partial charge is 0.310 e. The third kappa shape index (κ3) is 3.53. The van der Waals surface area contributed by atoms with Crippen LogP contribution in [0.5, 0.6) is 0 Å². The second-order valence-corrected chi connectivity index (χ2v) is 6.21. The Labute approximate surface area is 124 Å². The van der Waals surface area contributed by atoms with Crippen LogP contribution in [0, 0.1) is 5.41 Å². The van der Waals surface area contributed by atoms with Gasteiger partial charge in [-0.2, -0.15) is 0 Å². The molecule has 7 nitrogen and oxygen atoms in total. The number of hydrogen-bond acceptors (Lipinski definition) is 4. The summed E-state index contributed by atoms with van der Waals surface area (Å²) in [6.45, 7) is 6.86. The van der Waals surface area contributed by atoms with Crippen LogP contribution < -0.4 is 0 Å². The highest BCUT2D eigenvalue weighted by Crippen LogP contribution is 2.29. The van der Waals surface area contributed by atoms with E-state index in [2.05, 4.69) is 0 Å². The van der Waals surface area contributed by atoms with Crippen molar-refractivity contribution < 1.29 is 19.5 Å². The van der Waals surface area contributed by atoms with Gasteiger partial charge in [0.15, 0.2) is 0 Å². The third-order valence-electron chi connectivity index (χ3n) is 4.51. The van der Waals surface area contributed by atoms with Gasteiger partial charge in [-0.1, -0.05) is 0 Å². The lowest BCUT2D eigenvalue weighted by atomic mass is 9.90. The van der Waals surface area contributed by atoms with Gasteiger partial charge >= 0.3 is 5.97 Å². The number of aliphatic carboxylic acids is 1. The standard InChI is InChI=1S/C14H23N3O4/c1-11(18)16-5-7-17(8-6-16)12(19)9-15-4-3-14(2,10-15)13(20)21/h3-10H2,1-2H3,(H,20,21). The largest absolute Gasteiger partial charge is 0.481 e. The Kier molecular flexibility index (Phi) is 4.51. The summed E-state index contributed by atoms with van der Waals surface area (Å²) in [6.07, 6.45) is 0.577. The molecule has 2 rings (SSSR count). The first-order chi connectivity index (χ1) is 9.82. The summed E-state index contributed by atoms with van der Waals surface area (Å²) in [7, 11) is 0. The third-order valence-corrected chi connectivity index (χ3v) is 4.51. The number of carbonyl (C=O) groups excluding carboxylic acids is 2. The molecule has 2 saturated heterocycles. The van der Waals surface area contributed by atoms with E-state index in [0.717, 1.165) is 0 Å². The average molecular weight is 297 g/mol. The molecule has 2 heterocycles. The van der Waals surface area contributed by atoms with E-state index in [0.29, 0.717) is 45.7 Å². The van der Waals surface area contributed by atoms with Crippen molar-refractivity contribution in [1.82, 2.24) is 14.7 Å². The Balaban J connectivity index is 1.81. The second kappa shape index (κ2) is 6.01. The molecule has 2 aliphatic rings. The van der Waals surface area contributed by atoms with Gasteiger partial charge in [0.25, 0.3) is 0 Å². The van der Waals surface area contributed by atoms with Crippen LogP contribution in [0.3, 0.4) is 0 Å². The van der Waals surface area contributed by atoms with E-state index in [1.165, 1.54) is 6.92 Å². The summed E-state index contributed by atoms with van der Waals surface area (Å²) >= 11 is 0. The molecule has 0 saturated carbocycles. The van der Waals surface area contributed by atoms with E-state index in [1.807, 2.05) is 4.90 Å². The topological polar surface area (TPSA) is 81.2 Å². The lowest BCUT2D eigenvalue weighted by Crippen LogP contribution is -2.52. The maximum absolute atomic E-state index is 12.2. The van der Waals surface area contributed by atoms with Crippen molar-refractivity contribution in [1.29, 1.82) is 0 Å². The SMILES string of the molecule is CC(=O)N1CCN(C(=O)CN2CCC(C)(C(=O)O)C2)CC1. The summed E-state index contributed by atoms with van der Waals surface area (Å²) in [5.41, 5.74) is -0.742. The van der Waals surface area contributed by atoms with Gasteiger partial charge in [-0.3, -0.25) is 19.3 Å². The fourth-order valence-electron chi connectivity index (χ4n) is 2.93. The highest BCUT2D eigenvalue weighted by Gasteiger charge is 2.41. The number of piperazine rings is 1. The molecule has 0 aromatic carbocycles. The summed E-state index contributed by atoms with van der Waals surface area (Å²) < 4.78 is 0. The van der Waals surface area contributed by atoms with Crippen LogP contribution in [-0.4, -0.2) is 83.4 Å². The number of rotatable bonds is 3. The molecule has 0 spiro atoms. The average Bonchev–Trinajstić information content (AvgIpc) is 2.81. The van der Waals surface area contributed by atoms with Gasteiger partial charge in [-0.25, -0.2) is 0 Å². The molecule has 1 N–H and O–H groups in total. The fraction of sp³-hybridized carbons (Fsp3) is 0.786. The Morgan fingerprint density at radius 1 is 1.05 bits per heavy atom. The molecule has 2 fully saturated rings. The van der Waals surface area contributed by atoms with Gasteiger partial charge < -0.3 is 14.9 Å². The highest BCUT2D eigenvalue weighted by molar-refractivity contribution is 5.80. The maximum Gasteiger partial charge on any atom is 0.310 e. The first-order valence-corrected chi connectivity index (χ1v) is 7.31. The van der Waals surface area contributed by atoms with Crippen LogP contribution in [0.1, 0.15) is 20.3 Å². The van der Waals surface area contributed by atoms with Crippen molar-refractivity contribution >= 4 is 17.8 Å². The zero-order valence-electron chi connectivity index (χ0n) is 12.7. The molecule has 1 atom stereocenters. The molecule has 0 bridgehead atoms. The Bertz CT molecular complexity index is 446. The van der Waals surface area contributed by atoms with E-state index in [9.17, 15) is 19.5 Å². The van der Waals surface area contributed by atoms with E-state index < -0.39 is 11.4 Å². The highest BCUT2D eigenvalue weighted by atomic mass is 16.4. The molecule has 0 radical (unpaired) electrons. The summed E-state index contributed by atoms with van der Waals surface area (Å²) in [5, 5.41) is 9.19. The van der Waals surface area contributed by atoms with Gasteiger partial charge in [-0.05, 0) is 19.9 Å². The Morgan fingerprint density at radius 2 is 1.62 bits per heavy atom. The molecular formula is C14H23N3O4. The van der Waals surface area contributed by atoms with Crippen LogP contribution in [0.4, 0.5) is 0 Å². The van der Waals surface area contributed by atoms with Gasteiger partial charge in [-0.15, -0.1) is 0 Å². The van der Waals surface area contributed by atoms with E-state index in [-0.39, 0.29) is 18.4 Å². The molecule has 21 heavy (non-hydrogen) atoms. The second-order valence-electron chi connectivity index (χ2n) is 6.21. The molecule has 7 heteroatoms. The minimum atomic E-state index is -0.799. The van der Waals surface area contributed by atoms with Crippen molar-refractivity contribution in [3.8, 4) is 0 Å². The quantitative estimate of drug-likeness (QED) is 0.757. The molecule has 2 amide bonds. The predicted octanol–water partition coefficient (Wildman–Crippen LogP) is -0.526.